The maximum absolute atomic E-state index is 10.5. The zero-order chi connectivity index (χ0) is 10.9. The second kappa shape index (κ2) is 4.36. The van der Waals surface area contributed by atoms with Gasteiger partial charge in [-0.05, 0) is 18.6 Å². The van der Waals surface area contributed by atoms with Gasteiger partial charge in [-0.1, -0.05) is 18.5 Å². The van der Waals surface area contributed by atoms with E-state index in [1.807, 2.05) is 4.68 Å². The van der Waals surface area contributed by atoms with E-state index in [9.17, 15) is 5.11 Å². The van der Waals surface area contributed by atoms with Gasteiger partial charge in [-0.25, -0.2) is 0 Å². The molecule has 1 aromatic heterocycles. The topological polar surface area (TPSA) is 38.0 Å². The number of nitrogens with zero attached hydrogens (tertiary/aromatic N) is 2. The van der Waals surface area contributed by atoms with E-state index in [1.54, 1.807) is 18.0 Å². The van der Waals surface area contributed by atoms with Gasteiger partial charge in [0.05, 0.1) is 16.9 Å². The molecule has 1 aliphatic rings. The van der Waals surface area contributed by atoms with Crippen molar-refractivity contribution in [1.29, 1.82) is 0 Å². The van der Waals surface area contributed by atoms with Gasteiger partial charge in [0, 0.05) is 12.3 Å². The van der Waals surface area contributed by atoms with Crippen molar-refractivity contribution in [2.24, 2.45) is 0 Å². The molecule has 3 nitrogen and oxygen atoms in total. The highest BCUT2D eigenvalue weighted by Gasteiger charge is 2.38. The van der Waals surface area contributed by atoms with E-state index in [1.165, 1.54) is 0 Å². The van der Waals surface area contributed by atoms with Crippen LogP contribution in [-0.2, 0) is 12.1 Å². The third-order valence-electron chi connectivity index (χ3n) is 2.67. The molecule has 0 radical (unpaired) electrons. The van der Waals surface area contributed by atoms with Gasteiger partial charge in [0.2, 0.25) is 0 Å². The van der Waals surface area contributed by atoms with E-state index < -0.39 is 5.60 Å². The molecule has 1 atom stereocenters. The summed E-state index contributed by atoms with van der Waals surface area (Å²) in [6.45, 7) is 2.90. The number of aryl methyl sites for hydroxylation is 1. The molecule has 1 aliphatic heterocycles. The minimum Gasteiger partial charge on any atom is -0.383 e. The normalized spacial score (nSPS) is 26.1. The highest BCUT2D eigenvalue weighted by Crippen LogP contribution is 2.39. The zero-order valence-electron chi connectivity index (χ0n) is 8.74. The Morgan fingerprint density at radius 1 is 1.73 bits per heavy atom. The second-order valence-electron chi connectivity index (χ2n) is 3.90. The predicted molar refractivity (Wildman–Crippen MR) is 63.4 cm³/mol. The van der Waals surface area contributed by atoms with Gasteiger partial charge in [0.15, 0.2) is 0 Å². The summed E-state index contributed by atoms with van der Waals surface area (Å²) in [6.07, 6.45) is 3.40. The minimum absolute atomic E-state index is 0.591. The van der Waals surface area contributed by atoms with E-state index >= 15 is 0 Å². The van der Waals surface area contributed by atoms with E-state index in [0.29, 0.717) is 5.02 Å². The standard InChI is InChI=1S/C10H15ClN2OS/c1-2-4-13-9(8(11)6-12-13)10(14)3-5-15-7-10/h6,14H,2-5,7H2,1H3. The lowest BCUT2D eigenvalue weighted by Crippen LogP contribution is -2.29. The average Bonchev–Trinajstić information content (AvgIpc) is 2.75. The first-order valence-corrected chi connectivity index (χ1v) is 6.72. The summed E-state index contributed by atoms with van der Waals surface area (Å²) in [5, 5.41) is 15.3. The lowest BCUT2D eigenvalue weighted by Gasteiger charge is -2.23. The number of hydrogen-bond donors (Lipinski definition) is 1. The molecule has 0 saturated carbocycles. The number of aliphatic hydroxyl groups is 1. The number of aromatic nitrogens is 2. The molecule has 2 heterocycles. The molecule has 0 spiro atoms. The maximum Gasteiger partial charge on any atom is 0.117 e. The molecule has 5 heteroatoms. The van der Waals surface area contributed by atoms with Crippen molar-refractivity contribution in [1.82, 2.24) is 9.78 Å². The number of halogens is 1. The van der Waals surface area contributed by atoms with Crippen molar-refractivity contribution in [3.63, 3.8) is 0 Å². The SMILES string of the molecule is CCCn1ncc(Cl)c1C1(O)CCSC1. The summed E-state index contributed by atoms with van der Waals surface area (Å²) in [7, 11) is 0. The smallest absolute Gasteiger partial charge is 0.117 e. The van der Waals surface area contributed by atoms with Crippen LogP contribution in [0.3, 0.4) is 0 Å². The number of rotatable bonds is 3. The van der Waals surface area contributed by atoms with Crippen molar-refractivity contribution >= 4 is 23.4 Å². The lowest BCUT2D eigenvalue weighted by atomic mass is 9.99. The molecular weight excluding hydrogens is 232 g/mol. The van der Waals surface area contributed by atoms with Crippen LogP contribution in [-0.4, -0.2) is 26.4 Å². The first-order chi connectivity index (χ1) is 7.17. The Kier molecular flexibility index (Phi) is 3.28. The average molecular weight is 247 g/mol. The molecule has 1 aromatic rings. The van der Waals surface area contributed by atoms with Crippen molar-refractivity contribution < 1.29 is 5.11 Å². The summed E-state index contributed by atoms with van der Waals surface area (Å²) >= 11 is 7.86. The van der Waals surface area contributed by atoms with E-state index in [4.69, 9.17) is 11.6 Å². The van der Waals surface area contributed by atoms with Crippen molar-refractivity contribution in [2.45, 2.75) is 31.9 Å². The van der Waals surface area contributed by atoms with Gasteiger partial charge < -0.3 is 5.11 Å². The van der Waals surface area contributed by atoms with Gasteiger partial charge in [-0.3, -0.25) is 4.68 Å². The fraction of sp³-hybridized carbons (Fsp3) is 0.700. The summed E-state index contributed by atoms with van der Waals surface area (Å²) in [5.74, 6) is 1.71. The van der Waals surface area contributed by atoms with Crippen LogP contribution in [0.15, 0.2) is 6.20 Å². The Balaban J connectivity index is 2.36. The van der Waals surface area contributed by atoms with Crippen molar-refractivity contribution in [2.75, 3.05) is 11.5 Å². The monoisotopic (exact) mass is 246 g/mol. The molecule has 0 aromatic carbocycles. The molecular formula is C10H15ClN2OS. The predicted octanol–water partition coefficient (Wildman–Crippen LogP) is 2.27. The van der Waals surface area contributed by atoms with Gasteiger partial charge >= 0.3 is 0 Å². The molecule has 0 aliphatic carbocycles. The van der Waals surface area contributed by atoms with Crippen LogP contribution in [0.5, 0.6) is 0 Å². The molecule has 1 N–H and O–H groups in total. The van der Waals surface area contributed by atoms with Gasteiger partial charge in [0.25, 0.3) is 0 Å². The van der Waals surface area contributed by atoms with Crippen LogP contribution < -0.4 is 0 Å². The first-order valence-electron chi connectivity index (χ1n) is 5.19. The number of thioether (sulfide) groups is 1. The van der Waals surface area contributed by atoms with Crippen molar-refractivity contribution in [3.05, 3.63) is 16.9 Å². The fourth-order valence-electron chi connectivity index (χ4n) is 1.95. The molecule has 1 saturated heterocycles. The fourth-order valence-corrected chi connectivity index (χ4v) is 3.51. The van der Waals surface area contributed by atoms with Crippen LogP contribution in [0.25, 0.3) is 0 Å². The quantitative estimate of drug-likeness (QED) is 0.889. The Bertz CT molecular complexity index is 347. The lowest BCUT2D eigenvalue weighted by molar-refractivity contribution is 0.0558. The Morgan fingerprint density at radius 3 is 3.13 bits per heavy atom. The van der Waals surface area contributed by atoms with Crippen LogP contribution in [0.1, 0.15) is 25.5 Å². The summed E-state index contributed by atoms with van der Waals surface area (Å²) in [6, 6.07) is 0. The molecule has 1 unspecified atom stereocenters. The van der Waals surface area contributed by atoms with E-state index in [-0.39, 0.29) is 0 Å². The third-order valence-corrected chi connectivity index (χ3v) is 4.12. The van der Waals surface area contributed by atoms with Gasteiger partial charge in [-0.2, -0.15) is 16.9 Å². The van der Waals surface area contributed by atoms with E-state index in [0.717, 1.165) is 36.6 Å². The summed E-state index contributed by atoms with van der Waals surface area (Å²) in [4.78, 5) is 0. The Labute approximate surface area is 98.8 Å². The molecule has 0 amide bonds. The van der Waals surface area contributed by atoms with Crippen LogP contribution in [0.4, 0.5) is 0 Å². The third kappa shape index (κ3) is 2.03. The molecule has 84 valence electrons. The largest absolute Gasteiger partial charge is 0.383 e. The Morgan fingerprint density at radius 2 is 2.53 bits per heavy atom. The second-order valence-corrected chi connectivity index (χ2v) is 5.41. The molecule has 2 rings (SSSR count). The van der Waals surface area contributed by atoms with Gasteiger partial charge in [0.1, 0.15) is 5.60 Å². The molecule has 1 fully saturated rings. The minimum atomic E-state index is -0.770. The number of hydrogen-bond acceptors (Lipinski definition) is 3. The molecule has 15 heavy (non-hydrogen) atoms. The Hall–Kier alpha value is -0.190. The zero-order valence-corrected chi connectivity index (χ0v) is 10.3. The highest BCUT2D eigenvalue weighted by atomic mass is 35.5. The summed E-state index contributed by atoms with van der Waals surface area (Å²) < 4.78 is 1.84. The van der Waals surface area contributed by atoms with Crippen molar-refractivity contribution in [3.8, 4) is 0 Å². The van der Waals surface area contributed by atoms with Gasteiger partial charge in [-0.15, -0.1) is 0 Å². The van der Waals surface area contributed by atoms with Crippen LogP contribution >= 0.6 is 23.4 Å². The highest BCUT2D eigenvalue weighted by molar-refractivity contribution is 7.99. The van der Waals surface area contributed by atoms with Crippen LogP contribution in [0, 0.1) is 0 Å². The summed E-state index contributed by atoms with van der Waals surface area (Å²) in [5.41, 5.74) is 0.0315. The maximum atomic E-state index is 10.5. The van der Waals surface area contributed by atoms with Crippen LogP contribution in [0.2, 0.25) is 5.02 Å². The molecule has 0 bridgehead atoms. The first kappa shape index (κ1) is 11.3. The van der Waals surface area contributed by atoms with E-state index in [2.05, 4.69) is 12.0 Å².